The summed E-state index contributed by atoms with van der Waals surface area (Å²) in [5, 5.41) is 13.3. The maximum atomic E-state index is 11.2. The number of anilines is 1. The first-order chi connectivity index (χ1) is 13.4. The fourth-order valence-electron chi connectivity index (χ4n) is 2.77. The van der Waals surface area contributed by atoms with Gasteiger partial charge in [-0.3, -0.25) is 0 Å². The summed E-state index contributed by atoms with van der Waals surface area (Å²) < 4.78 is 5.99. The van der Waals surface area contributed by atoms with Crippen molar-refractivity contribution < 1.29 is 14.6 Å². The average molecular weight is 416 g/mol. The number of carbonyl (C=O) groups is 1. The first-order valence-electron chi connectivity index (χ1n) is 8.66. The van der Waals surface area contributed by atoms with E-state index in [4.69, 9.17) is 33.0 Å². The van der Waals surface area contributed by atoms with Gasteiger partial charge in [0.05, 0.1) is 16.3 Å². The summed E-state index contributed by atoms with van der Waals surface area (Å²) in [6, 6.07) is 18.1. The van der Waals surface area contributed by atoms with Gasteiger partial charge in [-0.1, -0.05) is 53.0 Å². The van der Waals surface area contributed by atoms with Crippen LogP contribution in [0.25, 0.3) is 0 Å². The summed E-state index contributed by atoms with van der Waals surface area (Å²) in [5.74, 6) is -0.312. The Kier molecular flexibility index (Phi) is 6.45. The van der Waals surface area contributed by atoms with E-state index in [1.165, 1.54) is 17.7 Å². The molecule has 0 aliphatic carbocycles. The molecule has 0 aliphatic rings. The van der Waals surface area contributed by atoms with Crippen LogP contribution >= 0.6 is 23.2 Å². The lowest BCUT2D eigenvalue weighted by Gasteiger charge is -2.15. The molecule has 6 heteroatoms. The van der Waals surface area contributed by atoms with E-state index in [9.17, 15) is 4.79 Å². The average Bonchev–Trinajstić information content (AvgIpc) is 2.66. The van der Waals surface area contributed by atoms with Crippen LogP contribution in [-0.2, 0) is 13.2 Å². The highest BCUT2D eigenvalue weighted by Crippen LogP contribution is 2.28. The fraction of sp³-hybridized carbons (Fsp3) is 0.136. The van der Waals surface area contributed by atoms with Crippen molar-refractivity contribution >= 4 is 34.9 Å². The Balaban J connectivity index is 1.76. The van der Waals surface area contributed by atoms with Crippen molar-refractivity contribution in [3.8, 4) is 5.75 Å². The second-order valence-electron chi connectivity index (χ2n) is 6.38. The monoisotopic (exact) mass is 415 g/mol. The quantitative estimate of drug-likeness (QED) is 0.482. The molecule has 0 aliphatic heterocycles. The molecule has 2 N–H and O–H groups in total. The molecule has 0 saturated heterocycles. The highest BCUT2D eigenvalue weighted by Gasteiger charge is 2.10. The molecule has 0 spiro atoms. The van der Waals surface area contributed by atoms with E-state index >= 15 is 0 Å². The van der Waals surface area contributed by atoms with Crippen molar-refractivity contribution in [1.29, 1.82) is 0 Å². The van der Waals surface area contributed by atoms with Crippen LogP contribution in [0.15, 0.2) is 60.7 Å². The normalized spacial score (nSPS) is 10.5. The molecule has 3 aromatic rings. The van der Waals surface area contributed by atoms with Gasteiger partial charge in [-0.2, -0.15) is 0 Å². The number of nitrogens with one attached hydrogen (secondary N) is 1. The molecule has 0 fully saturated rings. The van der Waals surface area contributed by atoms with E-state index in [1.54, 1.807) is 12.1 Å². The third-order valence-corrected chi connectivity index (χ3v) is 4.75. The van der Waals surface area contributed by atoms with Crippen molar-refractivity contribution in [1.82, 2.24) is 0 Å². The number of carboxylic acids is 1. The lowest BCUT2D eigenvalue weighted by atomic mass is 10.1. The Labute approximate surface area is 173 Å². The number of ether oxygens (including phenoxy) is 1. The van der Waals surface area contributed by atoms with E-state index in [2.05, 4.69) is 11.4 Å². The minimum Gasteiger partial charge on any atom is -0.489 e. The summed E-state index contributed by atoms with van der Waals surface area (Å²) in [6.45, 7) is 2.86. The Morgan fingerprint density at radius 3 is 2.64 bits per heavy atom. The fourth-order valence-corrected chi connectivity index (χ4v) is 3.15. The SMILES string of the molecule is Cc1cccc(COc2ccc(Cl)cc2CNc2cc(C(=O)O)ccc2Cl)c1. The number of aryl methyl sites for hydroxylation is 1. The largest absolute Gasteiger partial charge is 0.489 e. The Morgan fingerprint density at radius 1 is 1.07 bits per heavy atom. The number of hydrogen-bond donors (Lipinski definition) is 2. The van der Waals surface area contributed by atoms with E-state index in [-0.39, 0.29) is 5.56 Å². The van der Waals surface area contributed by atoms with Crippen molar-refractivity contribution in [2.45, 2.75) is 20.1 Å². The van der Waals surface area contributed by atoms with Crippen LogP contribution in [-0.4, -0.2) is 11.1 Å². The summed E-state index contributed by atoms with van der Waals surface area (Å²) in [7, 11) is 0. The minimum absolute atomic E-state index is 0.161. The summed E-state index contributed by atoms with van der Waals surface area (Å²) in [4.78, 5) is 11.2. The number of rotatable bonds is 7. The molecule has 0 atom stereocenters. The van der Waals surface area contributed by atoms with Crippen LogP contribution in [0.4, 0.5) is 5.69 Å². The third kappa shape index (κ3) is 5.18. The lowest BCUT2D eigenvalue weighted by Crippen LogP contribution is -2.05. The van der Waals surface area contributed by atoms with Crippen molar-refractivity contribution in [2.24, 2.45) is 0 Å². The number of halogens is 2. The second kappa shape index (κ2) is 9.00. The molecule has 144 valence electrons. The van der Waals surface area contributed by atoms with E-state index in [0.717, 1.165) is 11.1 Å². The summed E-state index contributed by atoms with van der Waals surface area (Å²) >= 11 is 12.3. The van der Waals surface area contributed by atoms with Gasteiger partial charge in [0, 0.05) is 17.1 Å². The zero-order valence-electron chi connectivity index (χ0n) is 15.2. The van der Waals surface area contributed by atoms with Crippen LogP contribution in [0.2, 0.25) is 10.0 Å². The smallest absolute Gasteiger partial charge is 0.335 e. The van der Waals surface area contributed by atoms with Crippen LogP contribution < -0.4 is 10.1 Å². The molecular formula is C22H19Cl2NO3. The first-order valence-corrected chi connectivity index (χ1v) is 9.41. The zero-order valence-corrected chi connectivity index (χ0v) is 16.7. The molecule has 28 heavy (non-hydrogen) atoms. The molecule has 0 unspecified atom stereocenters. The predicted molar refractivity (Wildman–Crippen MR) is 113 cm³/mol. The third-order valence-electron chi connectivity index (χ3n) is 4.18. The van der Waals surface area contributed by atoms with Gasteiger partial charge in [-0.15, -0.1) is 0 Å². The van der Waals surface area contributed by atoms with Gasteiger partial charge >= 0.3 is 5.97 Å². The van der Waals surface area contributed by atoms with E-state index in [0.29, 0.717) is 34.6 Å². The molecule has 0 radical (unpaired) electrons. The summed E-state index contributed by atoms with van der Waals surface area (Å²) in [5.41, 5.74) is 3.79. The highest BCUT2D eigenvalue weighted by atomic mass is 35.5. The molecule has 0 amide bonds. The van der Waals surface area contributed by atoms with Gasteiger partial charge in [0.25, 0.3) is 0 Å². The van der Waals surface area contributed by atoms with Crippen LogP contribution in [0.5, 0.6) is 5.75 Å². The number of aromatic carboxylic acids is 1. The standard InChI is InChI=1S/C22H19Cl2NO3/c1-14-3-2-4-15(9-14)13-28-21-8-6-18(23)10-17(21)12-25-20-11-16(22(26)27)5-7-19(20)24/h2-11,25H,12-13H2,1H3,(H,26,27). The number of carboxylic acid groups (broad SMARTS) is 1. The highest BCUT2D eigenvalue weighted by molar-refractivity contribution is 6.33. The predicted octanol–water partition coefficient (Wildman–Crippen LogP) is 6.19. The van der Waals surface area contributed by atoms with Crippen molar-refractivity contribution in [3.63, 3.8) is 0 Å². The molecule has 4 nitrogen and oxygen atoms in total. The second-order valence-corrected chi connectivity index (χ2v) is 7.23. The Bertz CT molecular complexity index is 1000. The van der Waals surface area contributed by atoms with Crippen molar-refractivity contribution in [3.05, 3.63) is 93.0 Å². The van der Waals surface area contributed by atoms with Gasteiger partial charge in [0.15, 0.2) is 0 Å². The van der Waals surface area contributed by atoms with Gasteiger partial charge in [-0.25, -0.2) is 4.79 Å². The zero-order chi connectivity index (χ0) is 20.1. The Morgan fingerprint density at radius 2 is 1.89 bits per heavy atom. The maximum absolute atomic E-state index is 11.2. The topological polar surface area (TPSA) is 58.6 Å². The molecule has 0 saturated carbocycles. The number of benzene rings is 3. The molecule has 0 aromatic heterocycles. The molecule has 3 aromatic carbocycles. The summed E-state index contributed by atoms with van der Waals surface area (Å²) in [6.07, 6.45) is 0. The van der Waals surface area contributed by atoms with Crippen molar-refractivity contribution in [2.75, 3.05) is 5.32 Å². The van der Waals surface area contributed by atoms with Gasteiger partial charge < -0.3 is 15.2 Å². The van der Waals surface area contributed by atoms with Crippen LogP contribution in [0.1, 0.15) is 27.0 Å². The van der Waals surface area contributed by atoms with Gasteiger partial charge in [-0.05, 0) is 48.9 Å². The molecule has 0 bridgehead atoms. The minimum atomic E-state index is -1.01. The van der Waals surface area contributed by atoms with Crippen LogP contribution in [0.3, 0.4) is 0 Å². The lowest BCUT2D eigenvalue weighted by molar-refractivity contribution is 0.0697. The first kappa shape index (κ1) is 20.1. The van der Waals surface area contributed by atoms with Gasteiger partial charge in [0.2, 0.25) is 0 Å². The molecule has 3 rings (SSSR count). The molecule has 0 heterocycles. The molecular weight excluding hydrogens is 397 g/mol. The maximum Gasteiger partial charge on any atom is 0.335 e. The van der Waals surface area contributed by atoms with Crippen LogP contribution in [0, 0.1) is 6.92 Å². The number of hydrogen-bond acceptors (Lipinski definition) is 3. The Hall–Kier alpha value is -2.69. The van der Waals surface area contributed by atoms with E-state index in [1.807, 2.05) is 37.3 Å². The van der Waals surface area contributed by atoms with E-state index < -0.39 is 5.97 Å². The van der Waals surface area contributed by atoms with Gasteiger partial charge in [0.1, 0.15) is 12.4 Å².